The second kappa shape index (κ2) is 6.78. The quantitative estimate of drug-likeness (QED) is 0.786. The Labute approximate surface area is 112 Å². The van der Waals surface area contributed by atoms with Crippen LogP contribution in [0.5, 0.6) is 0 Å². The van der Waals surface area contributed by atoms with Gasteiger partial charge in [-0.3, -0.25) is 0 Å². The van der Waals surface area contributed by atoms with E-state index in [-0.39, 0.29) is 6.61 Å². The van der Waals surface area contributed by atoms with Crippen LogP contribution in [0, 0.1) is 0 Å². The summed E-state index contributed by atoms with van der Waals surface area (Å²) >= 11 is 1.68. The molecular weight excluding hydrogens is 244 g/mol. The molecule has 0 radical (unpaired) electrons. The molecule has 3 heteroatoms. The maximum Gasteiger partial charge on any atom is 0.0861 e. The Bertz CT molecular complexity index is 493. The Hall–Kier alpha value is -1.03. The van der Waals surface area contributed by atoms with E-state index in [2.05, 4.69) is 42.5 Å². The topological polar surface area (TPSA) is 40.5 Å². The summed E-state index contributed by atoms with van der Waals surface area (Å²) in [5.41, 5.74) is 1.35. The fourth-order valence-corrected chi connectivity index (χ4v) is 2.87. The van der Waals surface area contributed by atoms with E-state index in [0.29, 0.717) is 5.75 Å². The highest BCUT2D eigenvalue weighted by Gasteiger charge is 2.03. The van der Waals surface area contributed by atoms with E-state index >= 15 is 0 Å². The van der Waals surface area contributed by atoms with Crippen molar-refractivity contribution in [3.63, 3.8) is 0 Å². The van der Waals surface area contributed by atoms with E-state index in [1.807, 2.05) is 0 Å². The number of fused-ring (bicyclic) bond motifs is 1. The molecule has 2 rings (SSSR count). The van der Waals surface area contributed by atoms with Crippen molar-refractivity contribution in [3.05, 3.63) is 48.0 Å². The summed E-state index contributed by atoms with van der Waals surface area (Å²) in [4.78, 5) is 0. The van der Waals surface area contributed by atoms with Crippen molar-refractivity contribution in [3.8, 4) is 0 Å². The molecule has 18 heavy (non-hydrogen) atoms. The molecule has 1 unspecified atom stereocenters. The largest absolute Gasteiger partial charge is 0.394 e. The molecule has 1 atom stereocenters. The van der Waals surface area contributed by atoms with E-state index in [9.17, 15) is 5.11 Å². The number of aliphatic hydroxyl groups excluding tert-OH is 2. The van der Waals surface area contributed by atoms with Crippen molar-refractivity contribution in [1.82, 2.24) is 0 Å². The first-order chi connectivity index (χ1) is 8.81. The molecule has 2 aromatic rings. The van der Waals surface area contributed by atoms with Crippen LogP contribution in [-0.2, 0) is 6.42 Å². The fourth-order valence-electron chi connectivity index (χ4n) is 1.96. The van der Waals surface area contributed by atoms with Crippen LogP contribution in [0.1, 0.15) is 5.56 Å². The van der Waals surface area contributed by atoms with Gasteiger partial charge in [0.1, 0.15) is 0 Å². The number of hydrogen-bond acceptors (Lipinski definition) is 3. The average Bonchev–Trinajstić information content (AvgIpc) is 2.43. The predicted molar refractivity (Wildman–Crippen MR) is 78.1 cm³/mol. The van der Waals surface area contributed by atoms with Gasteiger partial charge in [0.05, 0.1) is 12.7 Å². The minimum absolute atomic E-state index is 0.152. The van der Waals surface area contributed by atoms with E-state index in [1.54, 1.807) is 11.8 Å². The number of hydrogen-bond donors (Lipinski definition) is 2. The van der Waals surface area contributed by atoms with Crippen molar-refractivity contribution in [2.75, 3.05) is 18.1 Å². The Kier molecular flexibility index (Phi) is 5.05. The molecule has 0 bridgehead atoms. The second-order valence-electron chi connectivity index (χ2n) is 4.30. The lowest BCUT2D eigenvalue weighted by Gasteiger charge is -2.08. The van der Waals surface area contributed by atoms with Gasteiger partial charge in [0.15, 0.2) is 0 Å². The van der Waals surface area contributed by atoms with Crippen molar-refractivity contribution in [2.45, 2.75) is 12.5 Å². The molecule has 0 aliphatic rings. The number of aliphatic hydroxyl groups is 2. The summed E-state index contributed by atoms with van der Waals surface area (Å²) in [5, 5.41) is 20.6. The first kappa shape index (κ1) is 13.4. The third-order valence-electron chi connectivity index (χ3n) is 2.92. The molecule has 2 nitrogen and oxygen atoms in total. The lowest BCUT2D eigenvalue weighted by molar-refractivity contribution is 0.113. The average molecular weight is 262 g/mol. The molecule has 0 amide bonds. The number of thioether (sulfide) groups is 1. The zero-order valence-electron chi connectivity index (χ0n) is 10.2. The molecule has 0 heterocycles. The van der Waals surface area contributed by atoms with Crippen molar-refractivity contribution >= 4 is 22.5 Å². The van der Waals surface area contributed by atoms with Crippen LogP contribution in [0.2, 0.25) is 0 Å². The lowest BCUT2D eigenvalue weighted by Crippen LogP contribution is -2.15. The Morgan fingerprint density at radius 1 is 1.06 bits per heavy atom. The number of rotatable bonds is 6. The molecule has 0 saturated heterocycles. The SMILES string of the molecule is OCC(O)CSCCc1cccc2ccccc12. The van der Waals surface area contributed by atoms with E-state index in [4.69, 9.17) is 5.11 Å². The second-order valence-corrected chi connectivity index (χ2v) is 5.45. The third-order valence-corrected chi connectivity index (χ3v) is 4.03. The van der Waals surface area contributed by atoms with Gasteiger partial charge in [0, 0.05) is 5.75 Å². The van der Waals surface area contributed by atoms with Crippen LogP contribution in [0.15, 0.2) is 42.5 Å². The molecule has 0 fully saturated rings. The molecule has 96 valence electrons. The Balaban J connectivity index is 1.95. The molecule has 0 aromatic heterocycles. The van der Waals surface area contributed by atoms with Gasteiger partial charge in [-0.2, -0.15) is 11.8 Å². The normalized spacial score (nSPS) is 12.8. The standard InChI is InChI=1S/C15H18O2S/c16-10-14(17)11-18-9-8-13-6-3-5-12-4-1-2-7-15(12)13/h1-7,14,16-17H,8-11H2. The molecule has 0 spiro atoms. The van der Waals surface area contributed by atoms with E-state index in [1.165, 1.54) is 16.3 Å². The monoisotopic (exact) mass is 262 g/mol. The maximum atomic E-state index is 9.26. The Morgan fingerprint density at radius 2 is 1.83 bits per heavy atom. The molecule has 2 aromatic carbocycles. The van der Waals surface area contributed by atoms with Crippen LogP contribution in [0.25, 0.3) is 10.8 Å². The summed E-state index contributed by atoms with van der Waals surface area (Å²) in [7, 11) is 0. The summed E-state index contributed by atoms with van der Waals surface area (Å²) in [5.74, 6) is 1.56. The summed E-state index contributed by atoms with van der Waals surface area (Å²) in [6.45, 7) is -0.152. The minimum atomic E-state index is -0.595. The summed E-state index contributed by atoms with van der Waals surface area (Å²) in [6, 6.07) is 14.8. The molecule has 0 saturated carbocycles. The van der Waals surface area contributed by atoms with Gasteiger partial charge in [-0.1, -0.05) is 42.5 Å². The summed E-state index contributed by atoms with van der Waals surface area (Å²) < 4.78 is 0. The lowest BCUT2D eigenvalue weighted by atomic mass is 10.0. The minimum Gasteiger partial charge on any atom is -0.394 e. The van der Waals surface area contributed by atoms with E-state index < -0.39 is 6.10 Å². The highest BCUT2D eigenvalue weighted by Crippen LogP contribution is 2.20. The zero-order chi connectivity index (χ0) is 12.8. The van der Waals surface area contributed by atoms with Crippen LogP contribution < -0.4 is 0 Å². The highest BCUT2D eigenvalue weighted by atomic mass is 32.2. The smallest absolute Gasteiger partial charge is 0.0861 e. The summed E-state index contributed by atoms with van der Waals surface area (Å²) in [6.07, 6.45) is 0.395. The van der Waals surface area contributed by atoms with Gasteiger partial charge in [-0.05, 0) is 28.5 Å². The Morgan fingerprint density at radius 3 is 2.67 bits per heavy atom. The first-order valence-electron chi connectivity index (χ1n) is 6.14. The van der Waals surface area contributed by atoms with Gasteiger partial charge in [-0.25, -0.2) is 0 Å². The van der Waals surface area contributed by atoms with Crippen LogP contribution in [-0.4, -0.2) is 34.4 Å². The van der Waals surface area contributed by atoms with Crippen LogP contribution >= 0.6 is 11.8 Å². The molecule has 2 N–H and O–H groups in total. The van der Waals surface area contributed by atoms with Gasteiger partial charge in [0.25, 0.3) is 0 Å². The van der Waals surface area contributed by atoms with Gasteiger partial charge in [0.2, 0.25) is 0 Å². The van der Waals surface area contributed by atoms with Crippen molar-refractivity contribution < 1.29 is 10.2 Å². The first-order valence-corrected chi connectivity index (χ1v) is 7.30. The molecule has 0 aliphatic carbocycles. The van der Waals surface area contributed by atoms with Gasteiger partial charge >= 0.3 is 0 Å². The van der Waals surface area contributed by atoms with Crippen LogP contribution in [0.4, 0.5) is 0 Å². The molecular formula is C15H18O2S. The van der Waals surface area contributed by atoms with Gasteiger partial charge in [-0.15, -0.1) is 0 Å². The molecule has 0 aliphatic heterocycles. The highest BCUT2D eigenvalue weighted by molar-refractivity contribution is 7.99. The number of aryl methyl sites for hydroxylation is 1. The number of benzene rings is 2. The van der Waals surface area contributed by atoms with Crippen LogP contribution in [0.3, 0.4) is 0 Å². The van der Waals surface area contributed by atoms with Gasteiger partial charge < -0.3 is 10.2 Å². The predicted octanol–water partition coefficient (Wildman–Crippen LogP) is 2.47. The third kappa shape index (κ3) is 3.48. The fraction of sp³-hybridized carbons (Fsp3) is 0.333. The van der Waals surface area contributed by atoms with Crippen molar-refractivity contribution in [2.24, 2.45) is 0 Å². The maximum absolute atomic E-state index is 9.26. The van der Waals surface area contributed by atoms with E-state index in [0.717, 1.165) is 12.2 Å². The van der Waals surface area contributed by atoms with Crippen molar-refractivity contribution in [1.29, 1.82) is 0 Å². The zero-order valence-corrected chi connectivity index (χ0v) is 11.1.